The highest BCUT2D eigenvalue weighted by Gasteiger charge is 2.47. The molecule has 0 spiro atoms. The number of carbonyl (C=O) groups excluding carboxylic acids is 1. The second-order valence-corrected chi connectivity index (χ2v) is 9.99. The lowest BCUT2D eigenvalue weighted by Gasteiger charge is -2.34. The Hall–Kier alpha value is -3.09. The van der Waals surface area contributed by atoms with Crippen molar-refractivity contribution in [1.29, 1.82) is 0 Å². The lowest BCUT2D eigenvalue weighted by Crippen LogP contribution is -2.46. The molecule has 7 nitrogen and oxygen atoms in total. The second kappa shape index (κ2) is 11.1. The molecule has 2 aliphatic rings. The molecule has 0 saturated carbocycles. The fourth-order valence-corrected chi connectivity index (χ4v) is 5.56. The van der Waals surface area contributed by atoms with Crippen molar-refractivity contribution in [2.75, 3.05) is 36.4 Å². The topological polar surface area (TPSA) is 85.8 Å². The maximum Gasteiger partial charge on any atom is 0.326 e. The molecule has 1 amide bonds. The van der Waals surface area contributed by atoms with Gasteiger partial charge in [-0.25, -0.2) is 9.78 Å². The Kier molecular flexibility index (Phi) is 7.93. The number of anilines is 2. The van der Waals surface area contributed by atoms with Gasteiger partial charge in [-0.2, -0.15) is 0 Å². The van der Waals surface area contributed by atoms with Gasteiger partial charge in [-0.15, -0.1) is 0 Å². The van der Waals surface area contributed by atoms with Crippen molar-refractivity contribution in [1.82, 2.24) is 9.88 Å². The smallest absolute Gasteiger partial charge is 0.326 e. The van der Waals surface area contributed by atoms with Crippen molar-refractivity contribution in [2.45, 2.75) is 58.4 Å². The van der Waals surface area contributed by atoms with Crippen molar-refractivity contribution in [3.05, 3.63) is 54.2 Å². The summed E-state index contributed by atoms with van der Waals surface area (Å²) in [4.78, 5) is 33.5. The number of nitrogens with zero attached hydrogens (tertiary/aromatic N) is 3. The van der Waals surface area contributed by atoms with Crippen LogP contribution in [0.1, 0.15) is 51.5 Å². The molecule has 7 heteroatoms. The molecule has 2 fully saturated rings. The zero-order chi connectivity index (χ0) is 24.8. The number of amides is 1. The standard InChI is InChI=1S/C28H38N4O3/c1-3-28(4-2)14-18-32(27(28)35)24(26(33)34)19-21-8-10-23(11-9-21)31-16-12-22(13-17-31)20-30-25-7-5-6-15-29-25/h5-11,15,22,24H,3-4,12-14,16-20H2,1-2H3,(H,29,30)(H,33,34). The van der Waals surface area contributed by atoms with E-state index in [1.165, 1.54) is 5.69 Å². The van der Waals surface area contributed by atoms with Crippen LogP contribution in [0.15, 0.2) is 48.7 Å². The average molecular weight is 479 g/mol. The summed E-state index contributed by atoms with van der Waals surface area (Å²) < 4.78 is 0. The van der Waals surface area contributed by atoms with Crippen LogP contribution in [0, 0.1) is 11.3 Å². The number of pyridine rings is 1. The van der Waals surface area contributed by atoms with Crippen LogP contribution in [-0.4, -0.2) is 59.1 Å². The summed E-state index contributed by atoms with van der Waals surface area (Å²) in [7, 11) is 0. The summed E-state index contributed by atoms with van der Waals surface area (Å²) in [6, 6.07) is 13.3. The number of aromatic nitrogens is 1. The third kappa shape index (κ3) is 5.60. The summed E-state index contributed by atoms with van der Waals surface area (Å²) in [5.41, 5.74) is 1.73. The Bertz CT molecular complexity index is 983. The predicted octanol–water partition coefficient (Wildman–Crippen LogP) is 4.44. The Morgan fingerprint density at radius 3 is 2.40 bits per heavy atom. The van der Waals surface area contributed by atoms with E-state index < -0.39 is 17.4 Å². The van der Waals surface area contributed by atoms with Gasteiger partial charge in [-0.1, -0.05) is 32.0 Å². The average Bonchev–Trinajstić information content (AvgIpc) is 3.23. The van der Waals surface area contributed by atoms with E-state index in [1.807, 2.05) is 44.2 Å². The van der Waals surface area contributed by atoms with Crippen LogP contribution >= 0.6 is 0 Å². The Morgan fingerprint density at radius 1 is 1.11 bits per heavy atom. The number of piperidine rings is 1. The molecule has 1 atom stereocenters. The lowest BCUT2D eigenvalue weighted by molar-refractivity contribution is -0.151. The van der Waals surface area contributed by atoms with Gasteiger partial charge >= 0.3 is 5.97 Å². The van der Waals surface area contributed by atoms with Gasteiger partial charge in [0.2, 0.25) is 5.91 Å². The first-order valence-corrected chi connectivity index (χ1v) is 13.0. The van der Waals surface area contributed by atoms with Gasteiger partial charge in [0.15, 0.2) is 0 Å². The molecular formula is C28H38N4O3. The van der Waals surface area contributed by atoms with E-state index in [9.17, 15) is 14.7 Å². The molecule has 2 N–H and O–H groups in total. The number of benzene rings is 1. The highest BCUT2D eigenvalue weighted by molar-refractivity contribution is 5.89. The molecule has 1 aromatic carbocycles. The van der Waals surface area contributed by atoms with Gasteiger partial charge in [-0.3, -0.25) is 4.79 Å². The number of carbonyl (C=O) groups is 2. The Morgan fingerprint density at radius 2 is 1.83 bits per heavy atom. The molecule has 0 radical (unpaired) electrons. The number of carboxylic acids is 1. The third-order valence-electron chi connectivity index (χ3n) is 8.14. The van der Waals surface area contributed by atoms with E-state index in [-0.39, 0.29) is 5.91 Å². The molecule has 2 aromatic rings. The maximum atomic E-state index is 13.1. The maximum absolute atomic E-state index is 13.1. The zero-order valence-electron chi connectivity index (χ0n) is 20.9. The molecule has 1 unspecified atom stereocenters. The molecule has 1 aromatic heterocycles. The summed E-state index contributed by atoms with van der Waals surface area (Å²) in [5.74, 6) is 0.634. The number of likely N-dealkylation sites (tertiary alicyclic amines) is 1. The highest BCUT2D eigenvalue weighted by Crippen LogP contribution is 2.39. The van der Waals surface area contributed by atoms with E-state index >= 15 is 0 Å². The SMILES string of the molecule is CCC1(CC)CCN(C(Cc2ccc(N3CCC(CNc4ccccn4)CC3)cc2)C(=O)O)C1=O. The molecule has 4 rings (SSSR count). The van der Waals surface area contributed by atoms with Crippen molar-refractivity contribution in [3.63, 3.8) is 0 Å². The minimum atomic E-state index is -0.924. The van der Waals surface area contributed by atoms with Crippen LogP contribution in [0.2, 0.25) is 0 Å². The number of rotatable bonds is 10. The van der Waals surface area contributed by atoms with Gasteiger partial charge in [0, 0.05) is 44.5 Å². The van der Waals surface area contributed by atoms with Crippen LogP contribution < -0.4 is 10.2 Å². The van der Waals surface area contributed by atoms with Gasteiger partial charge in [0.1, 0.15) is 11.9 Å². The third-order valence-corrected chi connectivity index (χ3v) is 8.14. The van der Waals surface area contributed by atoms with Crippen LogP contribution in [0.4, 0.5) is 11.5 Å². The first-order valence-electron chi connectivity index (χ1n) is 13.0. The van der Waals surface area contributed by atoms with Crippen LogP contribution in [0.25, 0.3) is 0 Å². The normalized spacial score (nSPS) is 19.1. The molecular weight excluding hydrogens is 440 g/mol. The molecule has 0 bridgehead atoms. The van der Waals surface area contributed by atoms with Crippen molar-refractivity contribution in [3.8, 4) is 0 Å². The first kappa shape index (κ1) is 25.0. The number of hydrogen-bond donors (Lipinski definition) is 2. The second-order valence-electron chi connectivity index (χ2n) is 9.99. The number of aliphatic carboxylic acids is 1. The molecule has 2 saturated heterocycles. The quantitative estimate of drug-likeness (QED) is 0.525. The molecule has 188 valence electrons. The largest absolute Gasteiger partial charge is 0.480 e. The summed E-state index contributed by atoms with van der Waals surface area (Å²) in [5, 5.41) is 13.4. The van der Waals surface area contributed by atoms with Crippen molar-refractivity contribution in [2.24, 2.45) is 11.3 Å². The molecule has 2 aliphatic heterocycles. The molecule has 0 aliphatic carbocycles. The minimum Gasteiger partial charge on any atom is -0.480 e. The van der Waals surface area contributed by atoms with Crippen LogP contribution in [-0.2, 0) is 16.0 Å². The van der Waals surface area contributed by atoms with E-state index in [2.05, 4.69) is 27.3 Å². The Balaban J connectivity index is 1.31. The van der Waals surface area contributed by atoms with Crippen molar-refractivity contribution >= 4 is 23.4 Å². The Labute approximate surface area is 208 Å². The highest BCUT2D eigenvalue weighted by atomic mass is 16.4. The fourth-order valence-electron chi connectivity index (χ4n) is 5.56. The van der Waals surface area contributed by atoms with Gasteiger partial charge in [-0.05, 0) is 67.9 Å². The van der Waals surface area contributed by atoms with Gasteiger partial charge < -0.3 is 20.2 Å². The van der Waals surface area contributed by atoms with Crippen molar-refractivity contribution < 1.29 is 14.7 Å². The summed E-state index contributed by atoms with van der Waals surface area (Å²) in [6.07, 6.45) is 6.65. The summed E-state index contributed by atoms with van der Waals surface area (Å²) in [6.45, 7) is 7.53. The lowest BCUT2D eigenvalue weighted by atomic mass is 9.81. The zero-order valence-corrected chi connectivity index (χ0v) is 20.9. The summed E-state index contributed by atoms with van der Waals surface area (Å²) >= 11 is 0. The van der Waals surface area contributed by atoms with E-state index in [0.717, 1.165) is 63.1 Å². The first-order chi connectivity index (χ1) is 17.0. The van der Waals surface area contributed by atoms with E-state index in [0.29, 0.717) is 18.9 Å². The minimum absolute atomic E-state index is 0.00641. The number of carboxylic acid groups (broad SMARTS) is 1. The van der Waals surface area contributed by atoms with Gasteiger partial charge in [0.05, 0.1) is 5.41 Å². The van der Waals surface area contributed by atoms with Gasteiger partial charge in [0.25, 0.3) is 0 Å². The predicted molar refractivity (Wildman–Crippen MR) is 139 cm³/mol. The number of nitrogens with one attached hydrogen (secondary N) is 1. The monoisotopic (exact) mass is 478 g/mol. The van der Waals surface area contributed by atoms with E-state index in [4.69, 9.17) is 0 Å². The van der Waals surface area contributed by atoms with Crippen LogP contribution in [0.3, 0.4) is 0 Å². The molecule has 35 heavy (non-hydrogen) atoms. The van der Waals surface area contributed by atoms with E-state index in [1.54, 1.807) is 11.1 Å². The fraction of sp³-hybridized carbons (Fsp3) is 0.536. The van der Waals surface area contributed by atoms with Crippen LogP contribution in [0.5, 0.6) is 0 Å². The number of hydrogen-bond acceptors (Lipinski definition) is 5. The molecule has 3 heterocycles.